The summed E-state index contributed by atoms with van der Waals surface area (Å²) in [6.07, 6.45) is 5.20. The predicted molar refractivity (Wildman–Crippen MR) is 64.0 cm³/mol. The Hall–Kier alpha value is -1.36. The number of hydrogen-bond acceptors (Lipinski definition) is 4. The van der Waals surface area contributed by atoms with Gasteiger partial charge in [-0.25, -0.2) is 4.98 Å². The number of rotatable bonds is 3. The molecule has 0 bridgehead atoms. The minimum Gasteiger partial charge on any atom is -0.350 e. The van der Waals surface area contributed by atoms with Crippen molar-refractivity contribution in [1.29, 1.82) is 0 Å². The van der Waals surface area contributed by atoms with Crippen molar-refractivity contribution in [3.05, 3.63) is 18.7 Å². The van der Waals surface area contributed by atoms with Gasteiger partial charge in [0.05, 0.1) is 0 Å². The lowest BCUT2D eigenvalue weighted by Gasteiger charge is -2.34. The van der Waals surface area contributed by atoms with Gasteiger partial charge in [-0.05, 0) is 13.8 Å². The van der Waals surface area contributed by atoms with Crippen molar-refractivity contribution >= 4 is 23.1 Å². The molecule has 0 fully saturated rings. The minimum atomic E-state index is -0.178. The van der Waals surface area contributed by atoms with Crippen LogP contribution < -0.4 is 4.90 Å². The van der Waals surface area contributed by atoms with Gasteiger partial charge in [0.25, 0.3) is 0 Å². The molecular formula is C10H14ClN5. The van der Waals surface area contributed by atoms with Crippen molar-refractivity contribution < 1.29 is 0 Å². The van der Waals surface area contributed by atoms with Gasteiger partial charge >= 0.3 is 0 Å². The summed E-state index contributed by atoms with van der Waals surface area (Å²) >= 11 is 5.95. The maximum Gasteiger partial charge on any atom is 0.203 e. The number of nitrogens with zero attached hydrogens (tertiary/aromatic N) is 5. The Morgan fingerprint density at radius 1 is 1.50 bits per heavy atom. The number of alkyl halides is 1. The summed E-state index contributed by atoms with van der Waals surface area (Å²) in [4.78, 5) is 6.36. The van der Waals surface area contributed by atoms with E-state index >= 15 is 0 Å². The van der Waals surface area contributed by atoms with Crippen LogP contribution in [-0.4, -0.2) is 38.0 Å². The van der Waals surface area contributed by atoms with Crippen LogP contribution in [0.2, 0.25) is 0 Å². The Labute approximate surface area is 99.1 Å². The van der Waals surface area contributed by atoms with Crippen LogP contribution in [0.25, 0.3) is 5.65 Å². The molecule has 2 rings (SSSR count). The second kappa shape index (κ2) is 3.90. The van der Waals surface area contributed by atoms with Crippen molar-refractivity contribution in [1.82, 2.24) is 19.6 Å². The van der Waals surface area contributed by atoms with Crippen LogP contribution >= 0.6 is 11.6 Å². The molecule has 0 saturated heterocycles. The van der Waals surface area contributed by atoms with Gasteiger partial charge in [0.15, 0.2) is 5.82 Å². The minimum absolute atomic E-state index is 0.178. The van der Waals surface area contributed by atoms with Crippen LogP contribution in [-0.2, 0) is 0 Å². The zero-order chi connectivity index (χ0) is 11.8. The second-order valence-corrected chi connectivity index (χ2v) is 4.59. The molecule has 0 aromatic carbocycles. The normalized spacial score (nSPS) is 12.0. The second-order valence-electron chi connectivity index (χ2n) is 4.32. The molecule has 0 atom stereocenters. The predicted octanol–water partition coefficient (Wildman–Crippen LogP) is 1.58. The van der Waals surface area contributed by atoms with Gasteiger partial charge < -0.3 is 4.90 Å². The lowest BCUT2D eigenvalue weighted by molar-refractivity contribution is 0.540. The Morgan fingerprint density at radius 2 is 2.25 bits per heavy atom. The van der Waals surface area contributed by atoms with E-state index in [0.29, 0.717) is 5.88 Å². The van der Waals surface area contributed by atoms with Gasteiger partial charge in [0, 0.05) is 30.9 Å². The largest absolute Gasteiger partial charge is 0.350 e. The molecule has 0 aliphatic heterocycles. The van der Waals surface area contributed by atoms with Gasteiger partial charge in [-0.2, -0.15) is 0 Å². The van der Waals surface area contributed by atoms with Crippen LogP contribution in [0.3, 0.4) is 0 Å². The Morgan fingerprint density at radius 3 is 2.94 bits per heavy atom. The summed E-state index contributed by atoms with van der Waals surface area (Å²) in [5.74, 6) is 1.30. The van der Waals surface area contributed by atoms with Crippen molar-refractivity contribution in [2.24, 2.45) is 0 Å². The third-order valence-electron chi connectivity index (χ3n) is 2.75. The lowest BCUT2D eigenvalue weighted by Crippen LogP contribution is -2.43. The average molecular weight is 240 g/mol. The zero-order valence-corrected chi connectivity index (χ0v) is 10.3. The van der Waals surface area contributed by atoms with E-state index in [1.54, 1.807) is 12.5 Å². The van der Waals surface area contributed by atoms with Gasteiger partial charge in [0.1, 0.15) is 6.33 Å². The summed E-state index contributed by atoms with van der Waals surface area (Å²) in [5.41, 5.74) is 0.561. The number of fused-ring (bicyclic) bond motifs is 1. The lowest BCUT2D eigenvalue weighted by atomic mass is 10.1. The molecule has 6 heteroatoms. The van der Waals surface area contributed by atoms with Crippen molar-refractivity contribution in [2.75, 3.05) is 17.8 Å². The number of halogens is 1. The number of anilines is 1. The van der Waals surface area contributed by atoms with Crippen molar-refractivity contribution in [2.45, 2.75) is 19.4 Å². The maximum atomic E-state index is 5.95. The Balaban J connectivity index is 2.51. The highest BCUT2D eigenvalue weighted by Crippen LogP contribution is 2.23. The third-order valence-corrected chi connectivity index (χ3v) is 3.40. The molecule has 0 aliphatic rings. The molecule has 0 N–H and O–H groups in total. The first-order chi connectivity index (χ1) is 7.56. The van der Waals surface area contributed by atoms with Crippen molar-refractivity contribution in [3.63, 3.8) is 0 Å². The van der Waals surface area contributed by atoms with Gasteiger partial charge in [-0.15, -0.1) is 21.8 Å². The van der Waals surface area contributed by atoms with E-state index in [-0.39, 0.29) is 5.54 Å². The third kappa shape index (κ3) is 1.71. The van der Waals surface area contributed by atoms with E-state index in [4.69, 9.17) is 11.6 Å². The first-order valence-electron chi connectivity index (χ1n) is 5.00. The molecule has 0 amide bonds. The standard InChI is InChI=1S/C10H14ClN5/c1-10(2,6-11)15(3)8-9-14-13-7-16(9)5-4-12-8/h4-5,7H,6H2,1-3H3. The molecule has 0 radical (unpaired) electrons. The van der Waals surface area contributed by atoms with E-state index in [1.165, 1.54) is 0 Å². The van der Waals surface area contributed by atoms with Crippen LogP contribution in [0.15, 0.2) is 18.7 Å². The summed E-state index contributed by atoms with van der Waals surface area (Å²) in [6.45, 7) is 4.11. The van der Waals surface area contributed by atoms with Crippen molar-refractivity contribution in [3.8, 4) is 0 Å². The highest BCUT2D eigenvalue weighted by atomic mass is 35.5. The molecule has 86 valence electrons. The van der Waals surface area contributed by atoms with Gasteiger partial charge in [-0.3, -0.25) is 4.40 Å². The zero-order valence-electron chi connectivity index (χ0n) is 9.55. The molecule has 5 nitrogen and oxygen atoms in total. The topological polar surface area (TPSA) is 46.3 Å². The van der Waals surface area contributed by atoms with Gasteiger partial charge in [0.2, 0.25) is 5.65 Å². The smallest absolute Gasteiger partial charge is 0.203 e. The maximum absolute atomic E-state index is 5.95. The SMILES string of the molecule is CN(c1nccn2cnnc12)C(C)(C)CCl. The van der Waals surface area contributed by atoms with E-state index in [1.807, 2.05) is 22.5 Å². The number of aromatic nitrogens is 4. The molecule has 0 unspecified atom stereocenters. The Bertz CT molecular complexity index is 493. The van der Waals surface area contributed by atoms with E-state index < -0.39 is 0 Å². The first kappa shape index (κ1) is 11.1. The molecular weight excluding hydrogens is 226 g/mol. The molecule has 16 heavy (non-hydrogen) atoms. The average Bonchev–Trinajstić information content (AvgIpc) is 2.75. The van der Waals surface area contributed by atoms with E-state index in [2.05, 4.69) is 29.0 Å². The molecule has 2 aromatic rings. The van der Waals surface area contributed by atoms with Crippen LogP contribution in [0.5, 0.6) is 0 Å². The fourth-order valence-corrected chi connectivity index (χ4v) is 1.54. The van der Waals surface area contributed by atoms with Crippen LogP contribution in [0, 0.1) is 0 Å². The van der Waals surface area contributed by atoms with E-state index in [0.717, 1.165) is 11.5 Å². The molecule has 0 saturated carbocycles. The van der Waals surface area contributed by atoms with Gasteiger partial charge in [-0.1, -0.05) is 0 Å². The Kier molecular flexibility index (Phi) is 2.71. The molecule has 0 spiro atoms. The van der Waals surface area contributed by atoms with Crippen LogP contribution in [0.4, 0.5) is 5.82 Å². The summed E-state index contributed by atoms with van der Waals surface area (Å²) < 4.78 is 1.84. The first-order valence-corrected chi connectivity index (χ1v) is 5.54. The summed E-state index contributed by atoms with van der Waals surface area (Å²) in [5, 5.41) is 7.92. The van der Waals surface area contributed by atoms with Crippen LogP contribution in [0.1, 0.15) is 13.8 Å². The highest BCUT2D eigenvalue weighted by molar-refractivity contribution is 6.18. The highest BCUT2D eigenvalue weighted by Gasteiger charge is 2.25. The summed E-state index contributed by atoms with van der Waals surface area (Å²) in [7, 11) is 1.96. The fraction of sp³-hybridized carbons (Fsp3) is 0.500. The van der Waals surface area contributed by atoms with E-state index in [9.17, 15) is 0 Å². The fourth-order valence-electron chi connectivity index (χ4n) is 1.36. The quantitative estimate of drug-likeness (QED) is 0.763. The molecule has 2 aromatic heterocycles. The number of hydrogen-bond donors (Lipinski definition) is 0. The molecule has 2 heterocycles. The monoisotopic (exact) mass is 239 g/mol. The molecule has 0 aliphatic carbocycles. The summed E-state index contributed by atoms with van der Waals surface area (Å²) in [6, 6.07) is 0.